The summed E-state index contributed by atoms with van der Waals surface area (Å²) in [7, 11) is 0. The normalized spacial score (nSPS) is 13.3. The Morgan fingerprint density at radius 2 is 1.23 bits per heavy atom. The fourth-order valence-electron chi connectivity index (χ4n) is 2.63. The smallest absolute Gasteiger partial charge is 0.262 e. The van der Waals surface area contributed by atoms with E-state index in [0.717, 1.165) is 0 Å². The van der Waals surface area contributed by atoms with E-state index < -0.39 is 11.9 Å². The maximum absolute atomic E-state index is 12.6. The lowest BCUT2D eigenvalue weighted by molar-refractivity contribution is -0.123. The molecule has 3 amide bonds. The van der Waals surface area contributed by atoms with Gasteiger partial charge in [-0.05, 0) is 44.0 Å². The molecule has 3 N–H and O–H groups in total. The molecule has 0 bridgehead atoms. The van der Waals surface area contributed by atoms with E-state index in [9.17, 15) is 14.4 Å². The van der Waals surface area contributed by atoms with Crippen LogP contribution in [0.5, 0.6) is 0 Å². The third-order valence-electron chi connectivity index (χ3n) is 4.62. The molecule has 0 aliphatic heterocycles. The van der Waals surface area contributed by atoms with Crippen molar-refractivity contribution in [3.8, 4) is 0 Å². The first-order valence-electron chi connectivity index (χ1n) is 9.85. The lowest BCUT2D eigenvalue weighted by Crippen LogP contribution is -2.49. The predicted molar refractivity (Wildman–Crippen MR) is 117 cm³/mol. The molecule has 7 nitrogen and oxygen atoms in total. The monoisotopic (exact) mass is 408 g/mol. The molecule has 0 fully saturated rings. The van der Waals surface area contributed by atoms with Gasteiger partial charge in [-0.2, -0.15) is 5.10 Å². The number of amides is 3. The number of carbonyl (C=O) groups excluding carboxylic acids is 3. The number of carbonyl (C=O) groups is 3. The van der Waals surface area contributed by atoms with Gasteiger partial charge in [0.2, 0.25) is 0 Å². The molecule has 0 radical (unpaired) electrons. The van der Waals surface area contributed by atoms with E-state index >= 15 is 0 Å². The molecule has 0 saturated heterocycles. The van der Waals surface area contributed by atoms with Crippen LogP contribution in [0.2, 0.25) is 0 Å². The number of nitrogens with zero attached hydrogens (tertiary/aromatic N) is 1. The van der Waals surface area contributed by atoms with Crippen LogP contribution in [0.25, 0.3) is 0 Å². The average Bonchev–Trinajstić information content (AvgIpc) is 2.76. The summed E-state index contributed by atoms with van der Waals surface area (Å²) in [4.78, 5) is 37.2. The molecule has 0 aliphatic rings. The zero-order valence-electron chi connectivity index (χ0n) is 17.7. The van der Waals surface area contributed by atoms with Crippen molar-refractivity contribution in [2.24, 2.45) is 11.0 Å². The summed E-state index contributed by atoms with van der Waals surface area (Å²) in [5, 5.41) is 9.69. The highest BCUT2D eigenvalue weighted by Crippen LogP contribution is 2.06. The topological polar surface area (TPSA) is 99.7 Å². The fourth-order valence-corrected chi connectivity index (χ4v) is 2.63. The number of benzene rings is 2. The highest BCUT2D eigenvalue weighted by molar-refractivity contribution is 5.99. The van der Waals surface area contributed by atoms with Crippen molar-refractivity contribution < 1.29 is 14.4 Å². The van der Waals surface area contributed by atoms with Gasteiger partial charge in [0.05, 0.1) is 11.8 Å². The van der Waals surface area contributed by atoms with Crippen LogP contribution in [0.4, 0.5) is 0 Å². The first kappa shape index (κ1) is 22.8. The van der Waals surface area contributed by atoms with Gasteiger partial charge in [-0.3, -0.25) is 14.4 Å². The molecule has 158 valence electrons. The van der Waals surface area contributed by atoms with Crippen LogP contribution in [0.15, 0.2) is 65.8 Å². The first-order chi connectivity index (χ1) is 14.3. The molecule has 0 aliphatic carbocycles. The number of rotatable bonds is 8. The van der Waals surface area contributed by atoms with Crippen molar-refractivity contribution in [2.45, 2.75) is 39.8 Å². The number of hydrogen-bond acceptors (Lipinski definition) is 4. The Balaban J connectivity index is 1.96. The highest BCUT2D eigenvalue weighted by atomic mass is 16.2. The molecule has 2 aromatic carbocycles. The van der Waals surface area contributed by atoms with Crippen molar-refractivity contribution in [2.75, 3.05) is 0 Å². The number of nitrogens with one attached hydrogen (secondary N) is 3. The molecule has 0 heterocycles. The minimum Gasteiger partial charge on any atom is -0.344 e. The van der Waals surface area contributed by atoms with Crippen molar-refractivity contribution in [1.82, 2.24) is 16.1 Å². The fraction of sp³-hybridized carbons (Fsp3) is 0.304. The van der Waals surface area contributed by atoms with E-state index in [2.05, 4.69) is 21.2 Å². The Hall–Kier alpha value is -3.48. The van der Waals surface area contributed by atoms with Gasteiger partial charge in [0.15, 0.2) is 0 Å². The molecule has 0 unspecified atom stereocenters. The SMILES string of the molecule is CC(=NNC(=O)[C@H](NC(=O)c1ccccc1)C(C)C)[C@@H](C)NC(=O)c1ccccc1. The van der Waals surface area contributed by atoms with Crippen LogP contribution in [0.1, 0.15) is 48.4 Å². The van der Waals surface area contributed by atoms with Gasteiger partial charge in [0, 0.05) is 11.1 Å². The first-order valence-corrected chi connectivity index (χ1v) is 9.85. The molecule has 0 spiro atoms. The van der Waals surface area contributed by atoms with Gasteiger partial charge in [0.1, 0.15) is 6.04 Å². The lowest BCUT2D eigenvalue weighted by Gasteiger charge is -2.21. The van der Waals surface area contributed by atoms with Crippen LogP contribution in [-0.4, -0.2) is 35.5 Å². The molecule has 7 heteroatoms. The Morgan fingerprint density at radius 1 is 0.767 bits per heavy atom. The summed E-state index contributed by atoms with van der Waals surface area (Å²) in [6.07, 6.45) is 0. The summed E-state index contributed by atoms with van der Waals surface area (Å²) >= 11 is 0. The van der Waals surface area contributed by atoms with Crippen LogP contribution >= 0.6 is 0 Å². The molecule has 2 aromatic rings. The van der Waals surface area contributed by atoms with E-state index in [1.165, 1.54) is 0 Å². The third-order valence-corrected chi connectivity index (χ3v) is 4.62. The second-order valence-electron chi connectivity index (χ2n) is 7.35. The zero-order valence-corrected chi connectivity index (χ0v) is 17.7. The standard InChI is InChI=1S/C23H28N4O3/c1-15(2)20(25-22(29)19-13-9-6-10-14-19)23(30)27-26-17(4)16(3)24-21(28)18-11-7-5-8-12-18/h5-16,20H,1-4H3,(H,24,28)(H,25,29)(H,27,30)/t16-,20-/m1/s1. The molecular formula is C23H28N4O3. The highest BCUT2D eigenvalue weighted by Gasteiger charge is 2.24. The van der Waals surface area contributed by atoms with Crippen molar-refractivity contribution in [3.05, 3.63) is 71.8 Å². The van der Waals surface area contributed by atoms with Gasteiger partial charge >= 0.3 is 0 Å². The maximum atomic E-state index is 12.6. The number of hydrogen-bond donors (Lipinski definition) is 3. The maximum Gasteiger partial charge on any atom is 0.262 e. The summed E-state index contributed by atoms with van der Waals surface area (Å²) in [6, 6.07) is 16.4. The zero-order chi connectivity index (χ0) is 22.1. The molecular weight excluding hydrogens is 380 g/mol. The van der Waals surface area contributed by atoms with Crippen molar-refractivity contribution in [1.29, 1.82) is 0 Å². The minimum absolute atomic E-state index is 0.136. The minimum atomic E-state index is -0.747. The van der Waals surface area contributed by atoms with Gasteiger partial charge in [-0.25, -0.2) is 5.43 Å². The molecule has 30 heavy (non-hydrogen) atoms. The summed E-state index contributed by atoms with van der Waals surface area (Å²) in [5.41, 5.74) is 4.06. The van der Waals surface area contributed by atoms with E-state index in [1.807, 2.05) is 26.0 Å². The van der Waals surface area contributed by atoms with E-state index in [-0.39, 0.29) is 23.8 Å². The Labute approximate surface area is 177 Å². The van der Waals surface area contributed by atoms with Crippen LogP contribution in [0, 0.1) is 5.92 Å². The van der Waals surface area contributed by atoms with Crippen molar-refractivity contribution in [3.63, 3.8) is 0 Å². The summed E-state index contributed by atoms with van der Waals surface area (Å²) in [6.45, 7) is 7.18. The molecule has 2 atom stereocenters. The number of hydrazone groups is 1. The largest absolute Gasteiger partial charge is 0.344 e. The van der Waals surface area contributed by atoms with Crippen LogP contribution in [0.3, 0.4) is 0 Å². The third kappa shape index (κ3) is 6.55. The Morgan fingerprint density at radius 3 is 1.70 bits per heavy atom. The van der Waals surface area contributed by atoms with Crippen molar-refractivity contribution >= 4 is 23.4 Å². The van der Waals surface area contributed by atoms with E-state index in [0.29, 0.717) is 16.8 Å². The van der Waals surface area contributed by atoms with Gasteiger partial charge < -0.3 is 10.6 Å². The average molecular weight is 409 g/mol. The summed E-state index contributed by atoms with van der Waals surface area (Å²) < 4.78 is 0. The van der Waals surface area contributed by atoms with Gasteiger partial charge in [-0.15, -0.1) is 0 Å². The Bertz CT molecular complexity index is 895. The molecule has 0 aromatic heterocycles. The second-order valence-corrected chi connectivity index (χ2v) is 7.35. The molecule has 0 saturated carbocycles. The predicted octanol–water partition coefficient (Wildman–Crippen LogP) is 2.75. The van der Waals surface area contributed by atoms with E-state index in [4.69, 9.17) is 0 Å². The second kappa shape index (κ2) is 10.9. The Kier molecular flexibility index (Phi) is 8.29. The summed E-state index contributed by atoms with van der Waals surface area (Å²) in [5.74, 6) is -1.11. The lowest BCUT2D eigenvalue weighted by atomic mass is 10.0. The quantitative estimate of drug-likeness (QED) is 0.463. The van der Waals surface area contributed by atoms with Crippen LogP contribution in [-0.2, 0) is 4.79 Å². The van der Waals surface area contributed by atoms with Crippen LogP contribution < -0.4 is 16.1 Å². The van der Waals surface area contributed by atoms with Gasteiger partial charge in [0.25, 0.3) is 17.7 Å². The van der Waals surface area contributed by atoms with Gasteiger partial charge in [-0.1, -0.05) is 50.2 Å². The van der Waals surface area contributed by atoms with E-state index in [1.54, 1.807) is 62.4 Å². The molecule has 2 rings (SSSR count).